The topological polar surface area (TPSA) is 155 Å². The minimum Gasteiger partial charge on any atom is -0.393 e. The third-order valence-electron chi connectivity index (χ3n) is 24.8. The quantitative estimate of drug-likeness (QED) is 0.0372. The van der Waals surface area contributed by atoms with E-state index in [0.29, 0.717) is 47.3 Å². The van der Waals surface area contributed by atoms with Crippen LogP contribution in [-0.4, -0.2) is 94.9 Å². The van der Waals surface area contributed by atoms with Gasteiger partial charge in [0, 0.05) is 48.5 Å². The second kappa shape index (κ2) is 25.5. The number of nitrogens with zero attached hydrogens (tertiary/aromatic N) is 1. The molecule has 0 aromatic carbocycles. The zero-order valence-electron chi connectivity index (χ0n) is 50.6. The molecule has 9 rings (SSSR count). The molecular weight excluding hydrogens is 939 g/mol. The van der Waals surface area contributed by atoms with E-state index >= 15 is 0 Å². The van der Waals surface area contributed by atoms with E-state index in [9.17, 15) is 20.4 Å². The Hall–Kier alpha value is -1.17. The highest BCUT2D eigenvalue weighted by Gasteiger charge is 2.68. The summed E-state index contributed by atoms with van der Waals surface area (Å²) in [4.78, 5) is 4.28. The average molecular weight is 1060 g/mol. The van der Waals surface area contributed by atoms with Gasteiger partial charge in [-0.25, -0.2) is 0 Å². The number of fused-ring (bicyclic) bond motifs is 10. The molecule has 0 aromatic rings. The fraction of sp³-hybridized carbons (Fsp3) is 0.925. The fourth-order valence-electron chi connectivity index (χ4n) is 20.4. The number of aliphatic hydroxyl groups excluding tert-OH is 2. The van der Waals surface area contributed by atoms with E-state index < -0.39 is 17.3 Å². The summed E-state index contributed by atoms with van der Waals surface area (Å²) in [6.45, 7) is 29.1. The Kier molecular flexibility index (Phi) is 20.5. The Labute approximate surface area is 465 Å². The number of nitrogens with two attached hydrogens (primary N) is 1. The zero-order valence-corrected chi connectivity index (χ0v) is 50.6. The van der Waals surface area contributed by atoms with Gasteiger partial charge >= 0.3 is 0 Å². The molecule has 76 heavy (non-hydrogen) atoms. The molecule has 1 heterocycles. The third-order valence-corrected chi connectivity index (χ3v) is 24.8. The molecule has 0 saturated heterocycles. The van der Waals surface area contributed by atoms with Crippen LogP contribution in [0.3, 0.4) is 0 Å². The van der Waals surface area contributed by atoms with Gasteiger partial charge < -0.3 is 42.1 Å². The minimum atomic E-state index is -0.886. The van der Waals surface area contributed by atoms with Gasteiger partial charge in [0.2, 0.25) is 0 Å². The van der Waals surface area contributed by atoms with E-state index in [1.807, 2.05) is 12.4 Å². The van der Waals surface area contributed by atoms with Crippen molar-refractivity contribution >= 4 is 6.21 Å². The third kappa shape index (κ3) is 12.2. The smallest absolute Gasteiger partial charge is 0.0919 e. The van der Waals surface area contributed by atoms with Crippen LogP contribution >= 0.6 is 0 Å². The van der Waals surface area contributed by atoms with Crippen LogP contribution in [0.5, 0.6) is 0 Å². The van der Waals surface area contributed by atoms with Gasteiger partial charge in [-0.15, -0.1) is 0 Å². The van der Waals surface area contributed by atoms with Gasteiger partial charge in [-0.3, -0.25) is 4.99 Å². The van der Waals surface area contributed by atoms with Crippen molar-refractivity contribution in [3.8, 4) is 0 Å². The zero-order chi connectivity index (χ0) is 54.7. The van der Waals surface area contributed by atoms with Crippen LogP contribution in [0.1, 0.15) is 236 Å². The Morgan fingerprint density at radius 1 is 0.618 bits per heavy atom. The number of aliphatic imine (C=N–C) groups is 1. The molecule has 0 amide bonds. The Morgan fingerprint density at radius 3 is 1.91 bits per heavy atom. The highest BCUT2D eigenvalue weighted by atomic mass is 16.3. The van der Waals surface area contributed by atoms with Crippen molar-refractivity contribution < 1.29 is 20.4 Å². The molecule has 7 unspecified atom stereocenters. The highest BCUT2D eigenvalue weighted by molar-refractivity contribution is 5.65. The molecule has 9 aliphatic rings. The summed E-state index contributed by atoms with van der Waals surface area (Å²) in [6, 6.07) is -0.00714. The molecule has 19 atom stereocenters. The van der Waals surface area contributed by atoms with Crippen LogP contribution in [0, 0.1) is 86.8 Å². The second-order valence-corrected chi connectivity index (χ2v) is 30.0. The summed E-state index contributed by atoms with van der Waals surface area (Å²) in [5, 5.41) is 57.5. The van der Waals surface area contributed by atoms with Crippen molar-refractivity contribution in [3.05, 3.63) is 23.4 Å². The van der Waals surface area contributed by atoms with Crippen molar-refractivity contribution in [2.45, 2.75) is 272 Å². The first-order valence-corrected chi connectivity index (χ1v) is 32.7. The molecule has 0 spiro atoms. The largest absolute Gasteiger partial charge is 0.393 e. The first kappa shape index (κ1) is 60.9. The summed E-state index contributed by atoms with van der Waals surface area (Å²) in [5.41, 5.74) is 7.53. The number of rotatable bonds is 23. The molecule has 9 nitrogen and oxygen atoms in total. The van der Waals surface area contributed by atoms with E-state index in [2.05, 4.69) is 96.3 Å². The van der Waals surface area contributed by atoms with E-state index in [1.54, 1.807) is 5.57 Å². The molecule has 436 valence electrons. The van der Waals surface area contributed by atoms with Crippen LogP contribution in [0.4, 0.5) is 0 Å². The molecule has 9 heteroatoms. The van der Waals surface area contributed by atoms with Crippen molar-refractivity contribution in [3.63, 3.8) is 0 Å². The molecule has 0 bridgehead atoms. The van der Waals surface area contributed by atoms with Crippen LogP contribution in [0.15, 0.2) is 28.4 Å². The van der Waals surface area contributed by atoms with Crippen LogP contribution in [0.25, 0.3) is 0 Å². The number of aliphatic hydroxyl groups is 4. The summed E-state index contributed by atoms with van der Waals surface area (Å²) in [5.74, 6) is 8.06. The maximum Gasteiger partial charge on any atom is 0.0919 e. The molecule has 7 fully saturated rings. The predicted molar refractivity (Wildman–Crippen MR) is 317 cm³/mol. The number of nitrogens with one attached hydrogen (secondary N) is 3. The lowest BCUT2D eigenvalue weighted by Crippen LogP contribution is -2.71. The summed E-state index contributed by atoms with van der Waals surface area (Å²) < 4.78 is 0. The lowest BCUT2D eigenvalue weighted by Gasteiger charge is -2.66. The Balaban J connectivity index is 0.000000202. The lowest BCUT2D eigenvalue weighted by atomic mass is 9.42. The van der Waals surface area contributed by atoms with Crippen LogP contribution < -0.4 is 21.7 Å². The normalized spacial score (nSPS) is 43.2. The van der Waals surface area contributed by atoms with Crippen LogP contribution in [0.2, 0.25) is 0 Å². The van der Waals surface area contributed by atoms with E-state index in [-0.39, 0.29) is 29.0 Å². The van der Waals surface area contributed by atoms with Gasteiger partial charge in [0.15, 0.2) is 0 Å². The Bertz CT molecular complexity index is 1960. The fourth-order valence-corrected chi connectivity index (χ4v) is 20.4. The number of hydrogen-bond acceptors (Lipinski definition) is 9. The lowest BCUT2D eigenvalue weighted by molar-refractivity contribution is -0.234. The first-order chi connectivity index (χ1) is 36.1. The van der Waals surface area contributed by atoms with Gasteiger partial charge in [-0.05, 0) is 223 Å². The second-order valence-electron chi connectivity index (χ2n) is 30.0. The Morgan fingerprint density at radius 2 is 1.25 bits per heavy atom. The molecule has 9 N–H and O–H groups in total. The SMILES string of the molecule is CC(C)CCCC(C)[C@H]1CCC2C3=C[C@@H](NCCCNCCCCN)[C@@]4(O)C[C@@H](O)CC[C@]4(C)C3CC[C@@]21C.CC(C)CCCC(C)[C@H]1CCC2C3C[C@@H](NCCC4=CN=CC4)[C@@]4(O)C[C@@H](O)CC[C@]4(C)C3CC[C@@]21C. The van der Waals surface area contributed by atoms with Crippen molar-refractivity contribution in [1.82, 2.24) is 16.0 Å². The van der Waals surface area contributed by atoms with Crippen LogP contribution in [-0.2, 0) is 0 Å². The molecule has 7 saturated carbocycles. The maximum absolute atomic E-state index is 12.4. The maximum atomic E-state index is 12.4. The van der Waals surface area contributed by atoms with Gasteiger partial charge in [-0.1, -0.05) is 119 Å². The van der Waals surface area contributed by atoms with E-state index in [1.165, 1.54) is 95.5 Å². The van der Waals surface area contributed by atoms with Gasteiger partial charge in [-0.2, -0.15) is 0 Å². The van der Waals surface area contributed by atoms with E-state index in [0.717, 1.165) is 138 Å². The van der Waals surface area contributed by atoms with Crippen molar-refractivity contribution in [1.29, 1.82) is 0 Å². The monoisotopic (exact) mass is 1060 g/mol. The standard InChI is InChI=1S/C34H63N3O2.C33H56N2O2/c1-24(2)10-8-11-25(3)28-12-13-29-27-22-31(37-21-9-20-36-19-7-6-18-35)34(39)23-26(38)14-17-33(34,5)30(27)15-16-32(28,29)4;1-22(2)7-6-8-23(3)27-9-10-28-26-19-30(35-18-14-24-13-17-34-21-24)33(37)20-25(36)11-16-32(33,5)29(26)12-15-31(27,28)4/h22,24-26,28-31,36-39H,6-21,23,35H2,1-5H3;17,21-23,25-30,35-37H,6-16,18-20H2,1-5H3/t25?,26-,28+,29?,30?,31+,32+,33+,34-;23?,25-,26?,27+,28?,29?,30+,31+,32+,33-/m00/s1. The molecule has 0 radical (unpaired) electrons. The average Bonchev–Trinajstić information content (AvgIpc) is 4.24. The molecular formula is C67H119N5O4. The number of unbranched alkanes of at least 4 members (excludes halogenated alkanes) is 1. The van der Waals surface area contributed by atoms with Gasteiger partial charge in [0.05, 0.1) is 29.5 Å². The summed E-state index contributed by atoms with van der Waals surface area (Å²) in [7, 11) is 0. The van der Waals surface area contributed by atoms with Gasteiger partial charge in [0.1, 0.15) is 0 Å². The molecule has 8 aliphatic carbocycles. The number of allylic oxidation sites excluding steroid dienone is 1. The van der Waals surface area contributed by atoms with Crippen molar-refractivity contribution in [2.75, 3.05) is 32.7 Å². The number of hydrogen-bond donors (Lipinski definition) is 8. The van der Waals surface area contributed by atoms with Crippen molar-refractivity contribution in [2.24, 2.45) is 97.5 Å². The highest BCUT2D eigenvalue weighted by Crippen LogP contribution is 2.70. The first-order valence-electron chi connectivity index (χ1n) is 32.7. The predicted octanol–water partition coefficient (Wildman–Crippen LogP) is 12.7. The van der Waals surface area contributed by atoms with E-state index in [4.69, 9.17) is 5.73 Å². The summed E-state index contributed by atoms with van der Waals surface area (Å²) >= 11 is 0. The minimum absolute atomic E-state index is 0.0708. The molecule has 0 aromatic heterocycles. The van der Waals surface area contributed by atoms with Gasteiger partial charge in [0.25, 0.3) is 0 Å². The molecule has 1 aliphatic heterocycles. The summed E-state index contributed by atoms with van der Waals surface area (Å²) in [6.07, 6.45) is 35.3.